The van der Waals surface area contributed by atoms with Crippen molar-refractivity contribution in [3.63, 3.8) is 0 Å². The molecule has 2 rings (SSSR count). The number of hydrogen-bond acceptors (Lipinski definition) is 2. The summed E-state index contributed by atoms with van der Waals surface area (Å²) < 4.78 is 0. The van der Waals surface area contributed by atoms with Crippen LogP contribution in [-0.2, 0) is 5.60 Å². The number of nitrogens with one attached hydrogen (secondary N) is 1. The predicted octanol–water partition coefficient (Wildman–Crippen LogP) is 2.51. The Labute approximate surface area is 104 Å². The average molecular weight is 233 g/mol. The Morgan fingerprint density at radius 1 is 1.18 bits per heavy atom. The molecule has 1 atom stereocenters. The van der Waals surface area contributed by atoms with Crippen molar-refractivity contribution in [3.8, 4) is 0 Å². The third kappa shape index (κ3) is 2.53. The van der Waals surface area contributed by atoms with E-state index in [0.717, 1.165) is 31.5 Å². The smallest absolute Gasteiger partial charge is 0.0897 e. The standard InChI is InChI=1S/C15H23NO/c1-11-4-5-14(10-12(11)2)15(3,17)13-6-8-16-9-7-13/h4-5,10,13,16-17H,6-9H2,1-3H3. The molecule has 1 aromatic carbocycles. The van der Waals surface area contributed by atoms with Gasteiger partial charge in [-0.25, -0.2) is 0 Å². The fourth-order valence-electron chi connectivity index (χ4n) is 2.68. The third-order valence-electron chi connectivity index (χ3n) is 4.23. The predicted molar refractivity (Wildman–Crippen MR) is 71.1 cm³/mol. The van der Waals surface area contributed by atoms with E-state index in [2.05, 4.69) is 37.4 Å². The van der Waals surface area contributed by atoms with Crippen molar-refractivity contribution >= 4 is 0 Å². The van der Waals surface area contributed by atoms with Gasteiger partial charge in [0.15, 0.2) is 0 Å². The Hall–Kier alpha value is -0.860. The van der Waals surface area contributed by atoms with Crippen LogP contribution in [-0.4, -0.2) is 18.2 Å². The molecule has 0 spiro atoms. The highest BCUT2D eigenvalue weighted by molar-refractivity contribution is 5.33. The lowest BCUT2D eigenvalue weighted by Gasteiger charge is -2.36. The molecular formula is C15H23NO. The molecule has 17 heavy (non-hydrogen) atoms. The topological polar surface area (TPSA) is 32.3 Å². The second-order valence-corrected chi connectivity index (χ2v) is 5.47. The first kappa shape index (κ1) is 12.6. The van der Waals surface area contributed by atoms with Crippen molar-refractivity contribution in [2.24, 2.45) is 5.92 Å². The van der Waals surface area contributed by atoms with Crippen LogP contribution in [0.15, 0.2) is 18.2 Å². The van der Waals surface area contributed by atoms with Crippen LogP contribution in [0.1, 0.15) is 36.5 Å². The van der Waals surface area contributed by atoms with E-state index < -0.39 is 5.60 Å². The summed E-state index contributed by atoms with van der Waals surface area (Å²) in [5.41, 5.74) is 2.92. The van der Waals surface area contributed by atoms with E-state index >= 15 is 0 Å². The summed E-state index contributed by atoms with van der Waals surface area (Å²) >= 11 is 0. The lowest BCUT2D eigenvalue weighted by Crippen LogP contribution is -2.39. The van der Waals surface area contributed by atoms with Gasteiger partial charge in [-0.05, 0) is 69.3 Å². The summed E-state index contributed by atoms with van der Waals surface area (Å²) in [6.07, 6.45) is 2.11. The molecule has 1 aromatic rings. The molecule has 1 heterocycles. The minimum atomic E-state index is -0.694. The number of hydrogen-bond donors (Lipinski definition) is 2. The van der Waals surface area contributed by atoms with Crippen LogP contribution >= 0.6 is 0 Å². The molecule has 0 aliphatic carbocycles. The largest absolute Gasteiger partial charge is 0.385 e. The Kier molecular flexibility index (Phi) is 3.55. The molecule has 0 amide bonds. The molecule has 2 nitrogen and oxygen atoms in total. The zero-order valence-electron chi connectivity index (χ0n) is 11.1. The lowest BCUT2D eigenvalue weighted by molar-refractivity contribution is -0.0186. The van der Waals surface area contributed by atoms with Crippen molar-refractivity contribution in [2.75, 3.05) is 13.1 Å². The van der Waals surface area contributed by atoms with Gasteiger partial charge in [0.1, 0.15) is 0 Å². The molecule has 1 fully saturated rings. The van der Waals surface area contributed by atoms with Crippen molar-refractivity contribution in [1.29, 1.82) is 0 Å². The monoisotopic (exact) mass is 233 g/mol. The fourth-order valence-corrected chi connectivity index (χ4v) is 2.68. The quantitative estimate of drug-likeness (QED) is 0.822. The molecule has 0 saturated carbocycles. The summed E-state index contributed by atoms with van der Waals surface area (Å²) in [5, 5.41) is 14.1. The van der Waals surface area contributed by atoms with E-state index in [1.54, 1.807) is 0 Å². The van der Waals surface area contributed by atoms with Gasteiger partial charge >= 0.3 is 0 Å². The van der Waals surface area contributed by atoms with E-state index in [-0.39, 0.29) is 0 Å². The fraction of sp³-hybridized carbons (Fsp3) is 0.600. The number of piperidine rings is 1. The molecule has 1 aliphatic heterocycles. The van der Waals surface area contributed by atoms with E-state index in [4.69, 9.17) is 0 Å². The Morgan fingerprint density at radius 3 is 2.41 bits per heavy atom. The highest BCUT2D eigenvalue weighted by Gasteiger charge is 2.34. The van der Waals surface area contributed by atoms with Gasteiger partial charge in [-0.1, -0.05) is 18.2 Å². The zero-order chi connectivity index (χ0) is 12.5. The summed E-state index contributed by atoms with van der Waals surface area (Å²) in [7, 11) is 0. The van der Waals surface area contributed by atoms with Gasteiger partial charge in [-0.2, -0.15) is 0 Å². The highest BCUT2D eigenvalue weighted by Crippen LogP contribution is 2.35. The van der Waals surface area contributed by atoms with Gasteiger partial charge in [0.05, 0.1) is 5.60 Å². The number of rotatable bonds is 2. The second-order valence-electron chi connectivity index (χ2n) is 5.47. The molecule has 1 unspecified atom stereocenters. The maximum absolute atomic E-state index is 10.8. The van der Waals surface area contributed by atoms with Crippen LogP contribution in [0.25, 0.3) is 0 Å². The van der Waals surface area contributed by atoms with Crippen LogP contribution in [0.3, 0.4) is 0 Å². The number of aliphatic hydroxyl groups is 1. The van der Waals surface area contributed by atoms with E-state index in [9.17, 15) is 5.11 Å². The molecular weight excluding hydrogens is 210 g/mol. The summed E-state index contributed by atoms with van der Waals surface area (Å²) in [5.74, 6) is 0.367. The molecule has 2 N–H and O–H groups in total. The van der Waals surface area contributed by atoms with Gasteiger partial charge in [-0.15, -0.1) is 0 Å². The summed E-state index contributed by atoms with van der Waals surface area (Å²) in [6, 6.07) is 6.32. The normalized spacial score (nSPS) is 21.2. The van der Waals surface area contributed by atoms with Gasteiger partial charge in [0, 0.05) is 0 Å². The maximum atomic E-state index is 10.8. The van der Waals surface area contributed by atoms with Crippen LogP contribution < -0.4 is 5.32 Å². The maximum Gasteiger partial charge on any atom is 0.0897 e. The van der Waals surface area contributed by atoms with Crippen molar-refractivity contribution in [3.05, 3.63) is 34.9 Å². The minimum Gasteiger partial charge on any atom is -0.385 e. The molecule has 0 aromatic heterocycles. The van der Waals surface area contributed by atoms with Crippen LogP contribution in [0, 0.1) is 19.8 Å². The molecule has 0 radical (unpaired) electrons. The first-order valence-corrected chi connectivity index (χ1v) is 6.52. The lowest BCUT2D eigenvalue weighted by atomic mass is 9.77. The van der Waals surface area contributed by atoms with Gasteiger partial charge in [0.2, 0.25) is 0 Å². The average Bonchev–Trinajstić information content (AvgIpc) is 2.33. The molecule has 1 aliphatic rings. The van der Waals surface area contributed by atoms with Gasteiger partial charge in [-0.3, -0.25) is 0 Å². The van der Waals surface area contributed by atoms with Gasteiger partial charge < -0.3 is 10.4 Å². The van der Waals surface area contributed by atoms with Crippen molar-refractivity contribution < 1.29 is 5.11 Å². The van der Waals surface area contributed by atoms with Crippen LogP contribution in [0.5, 0.6) is 0 Å². The SMILES string of the molecule is Cc1ccc(C(C)(O)C2CCNCC2)cc1C. The molecule has 1 saturated heterocycles. The third-order valence-corrected chi connectivity index (χ3v) is 4.23. The zero-order valence-corrected chi connectivity index (χ0v) is 11.1. The number of benzene rings is 1. The van der Waals surface area contributed by atoms with Gasteiger partial charge in [0.25, 0.3) is 0 Å². The first-order chi connectivity index (χ1) is 8.01. The van der Waals surface area contributed by atoms with Crippen LogP contribution in [0.4, 0.5) is 0 Å². The first-order valence-electron chi connectivity index (χ1n) is 6.52. The highest BCUT2D eigenvalue weighted by atomic mass is 16.3. The minimum absolute atomic E-state index is 0.367. The van der Waals surface area contributed by atoms with E-state index in [0.29, 0.717) is 5.92 Å². The summed E-state index contributed by atoms with van der Waals surface area (Å²) in [6.45, 7) is 8.22. The Morgan fingerprint density at radius 2 is 1.82 bits per heavy atom. The molecule has 94 valence electrons. The number of aryl methyl sites for hydroxylation is 2. The van der Waals surface area contributed by atoms with E-state index in [1.165, 1.54) is 11.1 Å². The van der Waals surface area contributed by atoms with Crippen molar-refractivity contribution in [1.82, 2.24) is 5.32 Å². The summed E-state index contributed by atoms with van der Waals surface area (Å²) in [4.78, 5) is 0. The second kappa shape index (κ2) is 4.79. The van der Waals surface area contributed by atoms with E-state index in [1.807, 2.05) is 6.92 Å². The van der Waals surface area contributed by atoms with Crippen LogP contribution in [0.2, 0.25) is 0 Å². The van der Waals surface area contributed by atoms with Crippen molar-refractivity contribution in [2.45, 2.75) is 39.2 Å². The molecule has 2 heteroatoms. The molecule has 0 bridgehead atoms. The Balaban J connectivity index is 2.26. The Bertz CT molecular complexity index is 392.